The van der Waals surface area contributed by atoms with Crippen molar-refractivity contribution in [2.45, 2.75) is 19.7 Å². The SMILES string of the molecule is [2H]C1([2H])C(C(C)=O)C1([2H])[2H]. The van der Waals surface area contributed by atoms with Gasteiger partial charge in [-0.3, -0.25) is 4.79 Å². The molecule has 0 aromatic carbocycles. The van der Waals surface area contributed by atoms with Gasteiger partial charge in [0.2, 0.25) is 0 Å². The highest BCUT2D eigenvalue weighted by molar-refractivity contribution is 5.80. The predicted molar refractivity (Wildman–Crippen MR) is 23.4 cm³/mol. The Morgan fingerprint density at radius 2 is 2.50 bits per heavy atom. The second-order valence-corrected chi connectivity index (χ2v) is 1.33. The van der Waals surface area contributed by atoms with Crippen molar-refractivity contribution >= 4 is 5.78 Å². The van der Waals surface area contributed by atoms with Crippen LogP contribution in [0.1, 0.15) is 25.2 Å². The molecule has 0 radical (unpaired) electrons. The van der Waals surface area contributed by atoms with Crippen molar-refractivity contribution in [3.05, 3.63) is 0 Å². The Bertz CT molecular complexity index is 172. The maximum Gasteiger partial charge on any atom is 0.132 e. The molecule has 1 aliphatic carbocycles. The Balaban J connectivity index is 2.81. The zero-order valence-electron chi connectivity index (χ0n) is 7.49. The van der Waals surface area contributed by atoms with Crippen LogP contribution in [-0.2, 0) is 4.79 Å². The minimum Gasteiger partial charge on any atom is -0.300 e. The number of Topliss-reactive ketones (excluding diaryl/α,β-unsaturated/α-hetero) is 1. The smallest absolute Gasteiger partial charge is 0.132 e. The second-order valence-electron chi connectivity index (χ2n) is 1.33. The lowest BCUT2D eigenvalue weighted by atomic mass is 10.3. The van der Waals surface area contributed by atoms with Crippen LogP contribution in [0.5, 0.6) is 0 Å². The van der Waals surface area contributed by atoms with E-state index < -0.39 is 24.4 Å². The van der Waals surface area contributed by atoms with Gasteiger partial charge in [0, 0.05) is 11.4 Å². The van der Waals surface area contributed by atoms with Gasteiger partial charge in [-0.1, -0.05) is 0 Å². The molecule has 0 N–H and O–H groups in total. The molecule has 0 aromatic rings. The fourth-order valence-corrected chi connectivity index (χ4v) is 0.245. The van der Waals surface area contributed by atoms with Gasteiger partial charge in [-0.25, -0.2) is 0 Å². The van der Waals surface area contributed by atoms with Crippen LogP contribution in [0.25, 0.3) is 0 Å². The van der Waals surface area contributed by atoms with E-state index in [0.29, 0.717) is 0 Å². The molecule has 6 heavy (non-hydrogen) atoms. The average Bonchev–Trinajstić information content (AvgIpc) is 1.97. The fraction of sp³-hybridized carbons (Fsp3) is 0.800. The van der Waals surface area contributed by atoms with Crippen molar-refractivity contribution in [1.29, 1.82) is 0 Å². The summed E-state index contributed by atoms with van der Waals surface area (Å²) in [6.07, 6.45) is -3.86. The third-order valence-electron chi connectivity index (χ3n) is 0.695. The van der Waals surface area contributed by atoms with Crippen LogP contribution in [0.15, 0.2) is 0 Å². The first-order chi connectivity index (χ1) is 4.32. The number of ketones is 1. The summed E-state index contributed by atoms with van der Waals surface area (Å²) in [5.74, 6) is -1.45. The van der Waals surface area contributed by atoms with Crippen LogP contribution in [0, 0.1) is 5.92 Å². The summed E-state index contributed by atoms with van der Waals surface area (Å²) in [6.45, 7) is 1.22. The first-order valence-electron chi connectivity index (χ1n) is 3.82. The molecule has 1 aliphatic rings. The van der Waals surface area contributed by atoms with Gasteiger partial charge in [0.05, 0.1) is 0 Å². The predicted octanol–water partition coefficient (Wildman–Crippen LogP) is 0.985. The Labute approximate surface area is 43.0 Å². The van der Waals surface area contributed by atoms with Gasteiger partial charge in [0.15, 0.2) is 0 Å². The van der Waals surface area contributed by atoms with Gasteiger partial charge in [-0.15, -0.1) is 0 Å². The van der Waals surface area contributed by atoms with Gasteiger partial charge >= 0.3 is 0 Å². The van der Waals surface area contributed by atoms with Crippen molar-refractivity contribution in [2.24, 2.45) is 5.92 Å². The zero-order valence-corrected chi connectivity index (χ0v) is 3.49. The molecule has 0 saturated heterocycles. The third-order valence-corrected chi connectivity index (χ3v) is 0.695. The highest BCUT2D eigenvalue weighted by Crippen LogP contribution is 2.29. The Morgan fingerprint density at radius 3 is 2.50 bits per heavy atom. The molecule has 1 saturated carbocycles. The molecule has 1 rings (SSSR count). The summed E-state index contributed by atoms with van der Waals surface area (Å²) >= 11 is 0. The summed E-state index contributed by atoms with van der Waals surface area (Å²) in [5.41, 5.74) is 0. The van der Waals surface area contributed by atoms with Crippen LogP contribution in [-0.4, -0.2) is 5.78 Å². The third kappa shape index (κ3) is 0.588. The zero-order chi connectivity index (χ0) is 8.15. The molecule has 0 heterocycles. The van der Waals surface area contributed by atoms with E-state index in [1.54, 1.807) is 0 Å². The van der Waals surface area contributed by atoms with Gasteiger partial charge in [-0.2, -0.15) is 0 Å². The van der Waals surface area contributed by atoms with E-state index in [-0.39, 0.29) is 0 Å². The van der Waals surface area contributed by atoms with Crippen molar-refractivity contribution in [3.63, 3.8) is 0 Å². The molecule has 34 valence electrons. The van der Waals surface area contributed by atoms with Gasteiger partial charge < -0.3 is 0 Å². The molecule has 0 bridgehead atoms. The molecule has 1 nitrogen and oxygen atoms in total. The number of hydrogen-bond donors (Lipinski definition) is 0. The highest BCUT2D eigenvalue weighted by atomic mass is 16.1. The summed E-state index contributed by atoms with van der Waals surface area (Å²) in [4.78, 5) is 10.6. The Hall–Kier alpha value is -0.330. The van der Waals surface area contributed by atoms with Crippen LogP contribution in [0.2, 0.25) is 0 Å². The van der Waals surface area contributed by atoms with Crippen molar-refractivity contribution in [2.75, 3.05) is 0 Å². The van der Waals surface area contributed by atoms with Crippen LogP contribution in [0.4, 0.5) is 0 Å². The summed E-state index contributed by atoms with van der Waals surface area (Å²) in [5, 5.41) is 0. The average molecular weight is 88.1 g/mol. The lowest BCUT2D eigenvalue weighted by molar-refractivity contribution is -0.118. The highest BCUT2D eigenvalue weighted by Gasteiger charge is 2.25. The first kappa shape index (κ1) is 1.32. The standard InChI is InChI=1S/C5H8O/c1-4(6)5-2-3-5/h5H,2-3H2,1H3/i2D2,3D2. The Morgan fingerprint density at radius 1 is 2.00 bits per heavy atom. The molecular weight excluding hydrogens is 76.1 g/mol. The van der Waals surface area contributed by atoms with E-state index in [1.807, 2.05) is 0 Å². The quantitative estimate of drug-likeness (QED) is 0.467. The largest absolute Gasteiger partial charge is 0.300 e. The van der Waals surface area contributed by atoms with E-state index in [0.717, 1.165) is 0 Å². The van der Waals surface area contributed by atoms with Gasteiger partial charge in [0.25, 0.3) is 0 Å². The topological polar surface area (TPSA) is 17.1 Å². The van der Waals surface area contributed by atoms with Crippen molar-refractivity contribution in [3.8, 4) is 0 Å². The molecule has 0 aliphatic heterocycles. The van der Waals surface area contributed by atoms with E-state index in [2.05, 4.69) is 0 Å². The molecule has 0 atom stereocenters. The van der Waals surface area contributed by atoms with E-state index in [1.165, 1.54) is 6.92 Å². The number of carbonyl (C=O) groups is 1. The number of rotatable bonds is 1. The van der Waals surface area contributed by atoms with Crippen LogP contribution < -0.4 is 0 Å². The summed E-state index contributed by atoms with van der Waals surface area (Å²) in [7, 11) is 0. The van der Waals surface area contributed by atoms with E-state index >= 15 is 0 Å². The molecule has 0 spiro atoms. The van der Waals surface area contributed by atoms with Crippen LogP contribution in [0.3, 0.4) is 0 Å². The lowest BCUT2D eigenvalue weighted by Crippen LogP contribution is -1.88. The molecule has 0 unspecified atom stereocenters. The maximum absolute atomic E-state index is 10.6. The summed E-state index contributed by atoms with van der Waals surface area (Å²) < 4.78 is 28.0. The summed E-state index contributed by atoms with van der Waals surface area (Å²) in [6, 6.07) is 0. The first-order valence-corrected chi connectivity index (χ1v) is 1.82. The fourth-order valence-electron chi connectivity index (χ4n) is 0.245. The van der Waals surface area contributed by atoms with E-state index in [4.69, 9.17) is 5.48 Å². The maximum atomic E-state index is 10.6. The second kappa shape index (κ2) is 1.07. The van der Waals surface area contributed by atoms with Crippen LogP contribution >= 0.6 is 0 Å². The van der Waals surface area contributed by atoms with Gasteiger partial charge in [-0.05, 0) is 19.7 Å². The van der Waals surface area contributed by atoms with Crippen molar-refractivity contribution < 1.29 is 10.3 Å². The van der Waals surface area contributed by atoms with Crippen molar-refractivity contribution in [1.82, 2.24) is 0 Å². The van der Waals surface area contributed by atoms with E-state index in [9.17, 15) is 4.79 Å². The molecule has 1 heteroatoms. The normalized spacial score (nSPS) is 47.5. The number of carbonyl (C=O) groups excluding carboxylic acids is 1. The molecular formula is C5H8O. The molecule has 0 amide bonds. The molecule has 0 aromatic heterocycles. The minimum absolute atomic E-state index is 0.407. The Kier molecular flexibility index (Phi) is 0.236. The lowest BCUT2D eigenvalue weighted by Gasteiger charge is -1.75. The number of hydrogen-bond acceptors (Lipinski definition) is 1. The van der Waals surface area contributed by atoms with Gasteiger partial charge in [0.1, 0.15) is 5.78 Å². The monoisotopic (exact) mass is 88.1 g/mol. The minimum atomic E-state index is -1.93. The molecule has 1 fully saturated rings.